The van der Waals surface area contributed by atoms with Crippen molar-refractivity contribution in [2.24, 2.45) is 5.92 Å². The van der Waals surface area contributed by atoms with Crippen molar-refractivity contribution in [3.63, 3.8) is 0 Å². The molecule has 1 heterocycles. The molecule has 0 radical (unpaired) electrons. The van der Waals surface area contributed by atoms with E-state index < -0.39 is 0 Å². The summed E-state index contributed by atoms with van der Waals surface area (Å²) in [5, 5.41) is 18.8. The van der Waals surface area contributed by atoms with Crippen molar-refractivity contribution < 1.29 is 15.0 Å². The van der Waals surface area contributed by atoms with Crippen LogP contribution in [0.15, 0.2) is 18.2 Å². The summed E-state index contributed by atoms with van der Waals surface area (Å²) in [6.07, 6.45) is 1.90. The largest absolute Gasteiger partial charge is 0.508 e. The Kier molecular flexibility index (Phi) is 3.87. The molecule has 2 rings (SSSR count). The van der Waals surface area contributed by atoms with Gasteiger partial charge in [0.2, 0.25) is 0 Å². The Bertz CT molecular complexity index is 445. The van der Waals surface area contributed by atoms with E-state index in [9.17, 15) is 15.0 Å². The molecule has 2 N–H and O–H groups in total. The van der Waals surface area contributed by atoms with Gasteiger partial charge in [-0.3, -0.25) is 4.79 Å². The Hall–Kier alpha value is -1.55. The molecule has 1 aromatic rings. The van der Waals surface area contributed by atoms with E-state index in [0.29, 0.717) is 17.7 Å². The van der Waals surface area contributed by atoms with Gasteiger partial charge in [0.05, 0.1) is 0 Å². The molecule has 0 aliphatic carbocycles. The molecule has 1 saturated heterocycles. The van der Waals surface area contributed by atoms with Gasteiger partial charge < -0.3 is 15.1 Å². The minimum Gasteiger partial charge on any atom is -0.508 e. The lowest BCUT2D eigenvalue weighted by Crippen LogP contribution is -2.41. The molecule has 1 atom stereocenters. The molecule has 0 spiro atoms. The van der Waals surface area contributed by atoms with Crippen LogP contribution in [0.1, 0.15) is 28.8 Å². The van der Waals surface area contributed by atoms with Crippen molar-refractivity contribution in [3.8, 4) is 5.75 Å². The zero-order chi connectivity index (χ0) is 13.1. The maximum absolute atomic E-state index is 12.4. The number of rotatable bonds is 2. The smallest absolute Gasteiger partial charge is 0.254 e. The Morgan fingerprint density at radius 1 is 1.50 bits per heavy atom. The normalized spacial score (nSPS) is 19.9. The molecule has 4 nitrogen and oxygen atoms in total. The van der Waals surface area contributed by atoms with Gasteiger partial charge in [-0.25, -0.2) is 0 Å². The lowest BCUT2D eigenvalue weighted by atomic mass is 9.97. The van der Waals surface area contributed by atoms with Crippen molar-refractivity contribution in [2.45, 2.75) is 19.8 Å². The molecule has 0 bridgehead atoms. The highest BCUT2D eigenvalue weighted by Crippen LogP contribution is 2.23. The van der Waals surface area contributed by atoms with Crippen molar-refractivity contribution in [1.82, 2.24) is 4.90 Å². The second-order valence-electron chi connectivity index (χ2n) is 4.89. The number of aromatic hydroxyl groups is 1. The molecule has 1 aliphatic rings. The Labute approximate surface area is 107 Å². The number of aliphatic hydroxyl groups excluding tert-OH is 1. The summed E-state index contributed by atoms with van der Waals surface area (Å²) in [5.74, 6) is 0.276. The molecule has 0 saturated carbocycles. The van der Waals surface area contributed by atoms with E-state index in [4.69, 9.17) is 0 Å². The first-order chi connectivity index (χ1) is 8.63. The number of carbonyl (C=O) groups excluding carboxylic acids is 1. The van der Waals surface area contributed by atoms with E-state index >= 15 is 0 Å². The third kappa shape index (κ3) is 2.48. The predicted octanol–water partition coefficient (Wildman–Crippen LogP) is 1.55. The summed E-state index contributed by atoms with van der Waals surface area (Å²) in [4.78, 5) is 14.1. The van der Waals surface area contributed by atoms with E-state index in [-0.39, 0.29) is 24.2 Å². The average molecular weight is 249 g/mol. The van der Waals surface area contributed by atoms with Crippen LogP contribution in [0.3, 0.4) is 0 Å². The molecule has 1 aliphatic heterocycles. The van der Waals surface area contributed by atoms with Gasteiger partial charge in [-0.05, 0) is 37.8 Å². The number of hydrogen-bond donors (Lipinski definition) is 2. The van der Waals surface area contributed by atoms with Gasteiger partial charge in [0.25, 0.3) is 5.91 Å². The van der Waals surface area contributed by atoms with Crippen LogP contribution in [0, 0.1) is 12.8 Å². The summed E-state index contributed by atoms with van der Waals surface area (Å²) in [6, 6.07) is 5.00. The third-order valence-corrected chi connectivity index (χ3v) is 3.60. The zero-order valence-corrected chi connectivity index (χ0v) is 10.6. The number of piperidine rings is 1. The van der Waals surface area contributed by atoms with Gasteiger partial charge in [-0.1, -0.05) is 6.07 Å². The minimum absolute atomic E-state index is 0.0541. The Morgan fingerprint density at radius 3 is 3.00 bits per heavy atom. The molecular formula is C14H19NO3. The number of nitrogens with zero attached hydrogens (tertiary/aromatic N) is 1. The second-order valence-corrected chi connectivity index (χ2v) is 4.89. The number of likely N-dealkylation sites (tertiary alicyclic amines) is 1. The van der Waals surface area contributed by atoms with Crippen LogP contribution >= 0.6 is 0 Å². The highest BCUT2D eigenvalue weighted by Gasteiger charge is 2.25. The minimum atomic E-state index is -0.0541. The summed E-state index contributed by atoms with van der Waals surface area (Å²) >= 11 is 0. The van der Waals surface area contributed by atoms with Crippen LogP contribution < -0.4 is 0 Å². The predicted molar refractivity (Wildman–Crippen MR) is 68.6 cm³/mol. The van der Waals surface area contributed by atoms with Crippen molar-refractivity contribution in [2.75, 3.05) is 19.7 Å². The lowest BCUT2D eigenvalue weighted by Gasteiger charge is -2.32. The Morgan fingerprint density at radius 2 is 2.28 bits per heavy atom. The maximum atomic E-state index is 12.4. The molecule has 1 unspecified atom stereocenters. The number of aliphatic hydroxyl groups is 1. The van der Waals surface area contributed by atoms with Crippen LogP contribution in [0.25, 0.3) is 0 Å². The second kappa shape index (κ2) is 5.40. The van der Waals surface area contributed by atoms with Crippen LogP contribution in [0.4, 0.5) is 0 Å². The summed E-state index contributed by atoms with van der Waals surface area (Å²) in [6.45, 7) is 3.20. The van der Waals surface area contributed by atoms with E-state index in [1.165, 1.54) is 0 Å². The fraction of sp³-hybridized carbons (Fsp3) is 0.500. The summed E-state index contributed by atoms with van der Waals surface area (Å²) in [5.41, 5.74) is 1.17. The van der Waals surface area contributed by atoms with Gasteiger partial charge in [-0.2, -0.15) is 0 Å². The molecule has 98 valence electrons. The Balaban J connectivity index is 2.18. The number of amides is 1. The summed E-state index contributed by atoms with van der Waals surface area (Å²) in [7, 11) is 0. The van der Waals surface area contributed by atoms with E-state index in [2.05, 4.69) is 0 Å². The van der Waals surface area contributed by atoms with Gasteiger partial charge in [0.1, 0.15) is 5.75 Å². The maximum Gasteiger partial charge on any atom is 0.254 e. The molecule has 1 amide bonds. The van der Waals surface area contributed by atoms with Crippen LogP contribution in [0.5, 0.6) is 5.75 Å². The first kappa shape index (κ1) is 12.9. The average Bonchev–Trinajstić information content (AvgIpc) is 2.41. The van der Waals surface area contributed by atoms with Crippen molar-refractivity contribution in [3.05, 3.63) is 29.3 Å². The van der Waals surface area contributed by atoms with Crippen molar-refractivity contribution >= 4 is 5.91 Å². The highest BCUT2D eigenvalue weighted by atomic mass is 16.3. The van der Waals surface area contributed by atoms with Gasteiger partial charge in [0, 0.05) is 30.8 Å². The molecule has 0 aromatic heterocycles. The van der Waals surface area contributed by atoms with Crippen molar-refractivity contribution in [1.29, 1.82) is 0 Å². The number of hydrogen-bond acceptors (Lipinski definition) is 3. The number of phenols is 1. The zero-order valence-electron chi connectivity index (χ0n) is 10.6. The standard InChI is InChI=1S/C14H19NO3/c1-10-12(5-2-6-13(10)17)14(18)15-7-3-4-11(8-15)9-16/h2,5-6,11,16-17H,3-4,7-9H2,1H3. The lowest BCUT2D eigenvalue weighted by molar-refractivity contribution is 0.0619. The van der Waals surface area contributed by atoms with E-state index in [1.807, 2.05) is 0 Å². The number of carbonyl (C=O) groups is 1. The molecule has 1 fully saturated rings. The summed E-state index contributed by atoms with van der Waals surface area (Å²) < 4.78 is 0. The third-order valence-electron chi connectivity index (χ3n) is 3.60. The first-order valence-electron chi connectivity index (χ1n) is 6.32. The van der Waals surface area contributed by atoms with Crippen LogP contribution in [-0.2, 0) is 0 Å². The van der Waals surface area contributed by atoms with Gasteiger partial charge in [-0.15, -0.1) is 0 Å². The van der Waals surface area contributed by atoms with E-state index in [1.54, 1.807) is 30.0 Å². The fourth-order valence-corrected chi connectivity index (χ4v) is 2.42. The highest BCUT2D eigenvalue weighted by molar-refractivity contribution is 5.96. The van der Waals surface area contributed by atoms with Crippen LogP contribution in [-0.4, -0.2) is 40.7 Å². The van der Waals surface area contributed by atoms with Crippen LogP contribution in [0.2, 0.25) is 0 Å². The van der Waals surface area contributed by atoms with Gasteiger partial charge >= 0.3 is 0 Å². The number of phenolic OH excluding ortho intramolecular Hbond substituents is 1. The quantitative estimate of drug-likeness (QED) is 0.836. The topological polar surface area (TPSA) is 60.8 Å². The molecule has 18 heavy (non-hydrogen) atoms. The van der Waals surface area contributed by atoms with Gasteiger partial charge in [0.15, 0.2) is 0 Å². The number of benzene rings is 1. The first-order valence-corrected chi connectivity index (χ1v) is 6.32. The van der Waals surface area contributed by atoms with E-state index in [0.717, 1.165) is 19.4 Å². The fourth-order valence-electron chi connectivity index (χ4n) is 2.42. The molecule has 1 aromatic carbocycles. The molecule has 4 heteroatoms. The SMILES string of the molecule is Cc1c(O)cccc1C(=O)N1CCCC(CO)C1. The monoisotopic (exact) mass is 249 g/mol. The molecular weight excluding hydrogens is 230 g/mol.